The minimum Gasteiger partial charge on any atom is -0.379 e. The van der Waals surface area contributed by atoms with Crippen LogP contribution in [0.4, 0.5) is 10.1 Å². The SMILES string of the molecule is Cc1noc(-c2ccc(C(=O)Nc3ccc(F)c(S(=O)(=O)N4CCOCC4)c3)cc2)n1. The summed E-state index contributed by atoms with van der Waals surface area (Å²) in [6.07, 6.45) is 0. The Hall–Kier alpha value is -3.15. The standard InChI is InChI=1S/C20H19FN4O5S/c1-13-22-20(30-24-13)15-4-2-14(3-5-15)19(26)23-16-6-7-17(21)18(12-16)31(27,28)25-8-10-29-11-9-25/h2-7,12H,8-11H2,1H3,(H,23,26). The molecule has 1 fully saturated rings. The number of carbonyl (C=O) groups excluding carboxylic acids is 1. The minimum atomic E-state index is -4.05. The Morgan fingerprint density at radius 1 is 1.13 bits per heavy atom. The maximum Gasteiger partial charge on any atom is 0.257 e. The highest BCUT2D eigenvalue weighted by Crippen LogP contribution is 2.24. The number of hydrogen-bond donors (Lipinski definition) is 1. The van der Waals surface area contributed by atoms with Crippen LogP contribution in [0.3, 0.4) is 0 Å². The minimum absolute atomic E-state index is 0.143. The number of rotatable bonds is 5. The molecule has 1 amide bonds. The first-order valence-electron chi connectivity index (χ1n) is 9.44. The summed E-state index contributed by atoms with van der Waals surface area (Å²) in [6, 6.07) is 9.89. The summed E-state index contributed by atoms with van der Waals surface area (Å²) in [6.45, 7) is 2.48. The number of amides is 1. The number of carbonyl (C=O) groups is 1. The van der Waals surface area contributed by atoms with E-state index in [0.717, 1.165) is 12.1 Å². The van der Waals surface area contributed by atoms with E-state index in [1.165, 1.54) is 10.4 Å². The van der Waals surface area contributed by atoms with E-state index in [9.17, 15) is 17.6 Å². The number of benzene rings is 2. The Morgan fingerprint density at radius 2 is 1.84 bits per heavy atom. The fourth-order valence-electron chi connectivity index (χ4n) is 3.09. The average molecular weight is 446 g/mol. The topological polar surface area (TPSA) is 115 Å². The van der Waals surface area contributed by atoms with Gasteiger partial charge in [0.15, 0.2) is 5.82 Å². The van der Waals surface area contributed by atoms with E-state index in [4.69, 9.17) is 9.26 Å². The zero-order valence-electron chi connectivity index (χ0n) is 16.5. The van der Waals surface area contributed by atoms with Crippen LogP contribution in [-0.2, 0) is 14.8 Å². The summed E-state index contributed by atoms with van der Waals surface area (Å²) in [5, 5.41) is 6.32. The van der Waals surface area contributed by atoms with E-state index in [1.54, 1.807) is 31.2 Å². The number of sulfonamides is 1. The number of aromatic nitrogens is 2. The van der Waals surface area contributed by atoms with Crippen LogP contribution >= 0.6 is 0 Å². The van der Waals surface area contributed by atoms with Gasteiger partial charge in [-0.3, -0.25) is 4.79 Å². The van der Waals surface area contributed by atoms with Crippen LogP contribution in [0.5, 0.6) is 0 Å². The fraction of sp³-hybridized carbons (Fsp3) is 0.250. The summed E-state index contributed by atoms with van der Waals surface area (Å²) in [4.78, 5) is 16.2. The van der Waals surface area contributed by atoms with E-state index >= 15 is 0 Å². The molecule has 162 valence electrons. The first kappa shape index (κ1) is 21.1. The molecule has 0 atom stereocenters. The molecule has 0 radical (unpaired) electrons. The van der Waals surface area contributed by atoms with Crippen LogP contribution in [-0.4, -0.2) is 55.1 Å². The molecule has 2 heterocycles. The molecule has 0 bridgehead atoms. The number of aryl methyl sites for hydroxylation is 1. The molecule has 0 spiro atoms. The van der Waals surface area contributed by atoms with Gasteiger partial charge in [0, 0.05) is 29.9 Å². The highest BCUT2D eigenvalue weighted by molar-refractivity contribution is 7.89. The molecule has 1 N–H and O–H groups in total. The van der Waals surface area contributed by atoms with E-state index in [1.807, 2.05) is 0 Å². The highest BCUT2D eigenvalue weighted by atomic mass is 32.2. The van der Waals surface area contributed by atoms with Crippen molar-refractivity contribution in [3.63, 3.8) is 0 Å². The maximum absolute atomic E-state index is 14.3. The third-order valence-corrected chi connectivity index (χ3v) is 6.61. The van der Waals surface area contributed by atoms with Gasteiger partial charge in [-0.1, -0.05) is 5.16 Å². The molecule has 11 heteroatoms. The van der Waals surface area contributed by atoms with Gasteiger partial charge < -0.3 is 14.6 Å². The van der Waals surface area contributed by atoms with E-state index < -0.39 is 26.6 Å². The predicted molar refractivity (Wildman–Crippen MR) is 108 cm³/mol. The van der Waals surface area contributed by atoms with Crippen molar-refractivity contribution in [2.24, 2.45) is 0 Å². The van der Waals surface area contributed by atoms with E-state index in [2.05, 4.69) is 15.5 Å². The van der Waals surface area contributed by atoms with Crippen molar-refractivity contribution in [1.82, 2.24) is 14.4 Å². The molecule has 31 heavy (non-hydrogen) atoms. The Bertz CT molecular complexity index is 1200. The quantitative estimate of drug-likeness (QED) is 0.640. The predicted octanol–water partition coefficient (Wildman–Crippen LogP) is 2.46. The van der Waals surface area contributed by atoms with Crippen molar-refractivity contribution >= 4 is 21.6 Å². The molecule has 1 aromatic heterocycles. The Kier molecular flexibility index (Phi) is 5.81. The lowest BCUT2D eigenvalue weighted by Gasteiger charge is -2.26. The second kappa shape index (κ2) is 8.53. The number of morpholine rings is 1. The molecular formula is C20H19FN4O5S. The molecule has 1 aliphatic heterocycles. The van der Waals surface area contributed by atoms with Crippen molar-refractivity contribution < 1.29 is 26.9 Å². The lowest BCUT2D eigenvalue weighted by molar-refractivity contribution is 0.0729. The molecule has 0 aliphatic carbocycles. The monoisotopic (exact) mass is 446 g/mol. The molecule has 0 unspecified atom stereocenters. The van der Waals surface area contributed by atoms with Crippen molar-refractivity contribution in [3.8, 4) is 11.5 Å². The molecule has 1 saturated heterocycles. The van der Waals surface area contributed by atoms with Crippen LogP contribution in [0.2, 0.25) is 0 Å². The van der Waals surface area contributed by atoms with Gasteiger partial charge in [-0.15, -0.1) is 0 Å². The maximum atomic E-state index is 14.3. The van der Waals surface area contributed by atoms with Gasteiger partial charge in [-0.05, 0) is 49.4 Å². The van der Waals surface area contributed by atoms with Gasteiger partial charge in [-0.25, -0.2) is 12.8 Å². The highest BCUT2D eigenvalue weighted by Gasteiger charge is 2.29. The molecule has 9 nitrogen and oxygen atoms in total. The van der Waals surface area contributed by atoms with Crippen LogP contribution in [0, 0.1) is 12.7 Å². The fourth-order valence-corrected chi connectivity index (χ4v) is 4.58. The number of nitrogens with zero attached hydrogens (tertiary/aromatic N) is 3. The van der Waals surface area contributed by atoms with Crippen molar-refractivity contribution in [3.05, 3.63) is 59.7 Å². The third-order valence-electron chi connectivity index (χ3n) is 4.70. The van der Waals surface area contributed by atoms with Crippen LogP contribution in [0.25, 0.3) is 11.5 Å². The number of ether oxygens (including phenoxy) is 1. The van der Waals surface area contributed by atoms with E-state index in [0.29, 0.717) is 22.8 Å². The number of halogens is 1. The summed E-state index contributed by atoms with van der Waals surface area (Å²) in [5.74, 6) is -0.532. The second-order valence-electron chi connectivity index (χ2n) is 6.84. The Balaban J connectivity index is 1.53. The zero-order chi connectivity index (χ0) is 22.0. The largest absolute Gasteiger partial charge is 0.379 e. The normalized spacial score (nSPS) is 15.0. The number of anilines is 1. The molecule has 1 aliphatic rings. The van der Waals surface area contributed by atoms with Crippen LogP contribution < -0.4 is 5.32 Å². The summed E-state index contributed by atoms with van der Waals surface area (Å²) >= 11 is 0. The van der Waals surface area contributed by atoms with Crippen LogP contribution in [0.15, 0.2) is 51.9 Å². The Labute approximate surface area is 177 Å². The lowest BCUT2D eigenvalue weighted by Crippen LogP contribution is -2.40. The van der Waals surface area contributed by atoms with Gasteiger partial charge in [0.1, 0.15) is 10.7 Å². The molecule has 3 aromatic rings. The average Bonchev–Trinajstić information content (AvgIpc) is 3.22. The number of hydrogen-bond acceptors (Lipinski definition) is 7. The van der Waals surface area contributed by atoms with E-state index in [-0.39, 0.29) is 32.0 Å². The second-order valence-corrected chi connectivity index (χ2v) is 8.75. The summed E-state index contributed by atoms with van der Waals surface area (Å²) in [7, 11) is -4.05. The van der Waals surface area contributed by atoms with Crippen molar-refractivity contribution in [2.75, 3.05) is 31.6 Å². The number of nitrogens with one attached hydrogen (secondary N) is 1. The first-order valence-corrected chi connectivity index (χ1v) is 10.9. The van der Waals surface area contributed by atoms with Gasteiger partial charge in [0.05, 0.1) is 13.2 Å². The molecule has 0 saturated carbocycles. The molecular weight excluding hydrogens is 427 g/mol. The van der Waals surface area contributed by atoms with Crippen LogP contribution in [0.1, 0.15) is 16.2 Å². The van der Waals surface area contributed by atoms with Crippen molar-refractivity contribution in [1.29, 1.82) is 0 Å². The summed E-state index contributed by atoms with van der Waals surface area (Å²) < 4.78 is 51.3. The third kappa shape index (κ3) is 4.48. The Morgan fingerprint density at radius 3 is 2.48 bits per heavy atom. The summed E-state index contributed by atoms with van der Waals surface area (Å²) in [5.41, 5.74) is 1.13. The van der Waals surface area contributed by atoms with Gasteiger partial charge >= 0.3 is 0 Å². The van der Waals surface area contributed by atoms with Gasteiger partial charge in [-0.2, -0.15) is 9.29 Å². The lowest BCUT2D eigenvalue weighted by atomic mass is 10.1. The van der Waals surface area contributed by atoms with Gasteiger partial charge in [0.2, 0.25) is 10.0 Å². The van der Waals surface area contributed by atoms with Crippen molar-refractivity contribution in [2.45, 2.75) is 11.8 Å². The smallest absolute Gasteiger partial charge is 0.257 e. The molecule has 4 rings (SSSR count). The molecule has 2 aromatic carbocycles. The first-order chi connectivity index (χ1) is 14.8. The zero-order valence-corrected chi connectivity index (χ0v) is 17.4. The van der Waals surface area contributed by atoms with Gasteiger partial charge in [0.25, 0.3) is 11.8 Å².